The van der Waals surface area contributed by atoms with E-state index in [0.29, 0.717) is 17.7 Å². The van der Waals surface area contributed by atoms with Gasteiger partial charge in [-0.1, -0.05) is 30.3 Å². The van der Waals surface area contributed by atoms with Crippen molar-refractivity contribution in [1.82, 2.24) is 0 Å². The number of benzene rings is 2. The molecular formula is C16H14O4. The highest BCUT2D eigenvalue weighted by Crippen LogP contribution is 2.40. The van der Waals surface area contributed by atoms with Crippen molar-refractivity contribution in [3.8, 4) is 5.75 Å². The summed E-state index contributed by atoms with van der Waals surface area (Å²) in [5.74, 6) is -0.465. The van der Waals surface area contributed by atoms with E-state index < -0.39 is 12.1 Å². The van der Waals surface area contributed by atoms with Crippen LogP contribution in [0.25, 0.3) is 0 Å². The summed E-state index contributed by atoms with van der Waals surface area (Å²) in [6.45, 7) is 0. The van der Waals surface area contributed by atoms with Crippen molar-refractivity contribution in [2.24, 2.45) is 0 Å². The molecule has 0 spiro atoms. The molecule has 0 fully saturated rings. The standard InChI is InChI=1S/C16H14O4/c17-13-9-15(10-4-2-1-3-5-10)20-14-7-6-11(16(18)19)8-12(13)14/h1-8,13,15,17H,9H2,(H,18,19)/t13-,15-/m0/s1. The zero-order valence-corrected chi connectivity index (χ0v) is 10.7. The summed E-state index contributed by atoms with van der Waals surface area (Å²) in [6.07, 6.45) is -0.516. The number of hydrogen-bond donors (Lipinski definition) is 2. The summed E-state index contributed by atoms with van der Waals surface area (Å²) in [5.41, 5.74) is 1.70. The Morgan fingerprint density at radius 1 is 1.15 bits per heavy atom. The van der Waals surface area contributed by atoms with Crippen molar-refractivity contribution < 1.29 is 19.7 Å². The fourth-order valence-electron chi connectivity index (χ4n) is 2.45. The Bertz CT molecular complexity index is 636. The van der Waals surface area contributed by atoms with Crippen molar-refractivity contribution in [2.75, 3.05) is 0 Å². The second-order valence-corrected chi connectivity index (χ2v) is 4.83. The second-order valence-electron chi connectivity index (χ2n) is 4.83. The first kappa shape index (κ1) is 12.7. The van der Waals surface area contributed by atoms with Crippen LogP contribution in [0.1, 0.15) is 40.1 Å². The number of carbonyl (C=O) groups is 1. The molecule has 0 bridgehead atoms. The number of aliphatic hydroxyl groups excluding tert-OH is 1. The molecule has 1 aliphatic heterocycles. The second kappa shape index (κ2) is 4.98. The Kier molecular flexibility index (Phi) is 3.16. The molecule has 0 saturated heterocycles. The Morgan fingerprint density at radius 3 is 2.60 bits per heavy atom. The summed E-state index contributed by atoms with van der Waals surface area (Å²) >= 11 is 0. The van der Waals surface area contributed by atoms with Crippen LogP contribution in [0.15, 0.2) is 48.5 Å². The Hall–Kier alpha value is -2.33. The lowest BCUT2D eigenvalue weighted by Gasteiger charge is -2.30. The van der Waals surface area contributed by atoms with Crippen LogP contribution in [0.4, 0.5) is 0 Å². The molecule has 0 amide bonds. The lowest BCUT2D eigenvalue weighted by atomic mass is 9.94. The minimum absolute atomic E-state index is 0.157. The minimum Gasteiger partial charge on any atom is -0.485 e. The molecular weight excluding hydrogens is 256 g/mol. The molecule has 1 heterocycles. The average Bonchev–Trinajstić information content (AvgIpc) is 2.47. The summed E-state index contributed by atoms with van der Waals surface area (Å²) in [5, 5.41) is 19.2. The van der Waals surface area contributed by atoms with Crippen LogP contribution in [-0.4, -0.2) is 16.2 Å². The van der Waals surface area contributed by atoms with Gasteiger partial charge in [0.25, 0.3) is 0 Å². The molecule has 0 aromatic heterocycles. The van der Waals surface area contributed by atoms with Gasteiger partial charge in [-0.2, -0.15) is 0 Å². The molecule has 1 aliphatic rings. The normalized spacial score (nSPS) is 20.9. The predicted molar refractivity (Wildman–Crippen MR) is 72.8 cm³/mol. The zero-order valence-electron chi connectivity index (χ0n) is 10.7. The highest BCUT2D eigenvalue weighted by atomic mass is 16.5. The maximum Gasteiger partial charge on any atom is 0.335 e. The van der Waals surface area contributed by atoms with Gasteiger partial charge < -0.3 is 14.9 Å². The molecule has 3 rings (SSSR count). The Balaban J connectivity index is 1.94. The molecule has 4 nitrogen and oxygen atoms in total. The zero-order chi connectivity index (χ0) is 14.1. The van der Waals surface area contributed by atoms with Crippen LogP contribution in [-0.2, 0) is 0 Å². The third-order valence-electron chi connectivity index (χ3n) is 3.49. The first-order valence-electron chi connectivity index (χ1n) is 6.42. The lowest BCUT2D eigenvalue weighted by Crippen LogP contribution is -2.19. The molecule has 0 unspecified atom stereocenters. The van der Waals surface area contributed by atoms with Gasteiger partial charge >= 0.3 is 5.97 Å². The van der Waals surface area contributed by atoms with Crippen LogP contribution in [0.3, 0.4) is 0 Å². The fourth-order valence-corrected chi connectivity index (χ4v) is 2.45. The highest BCUT2D eigenvalue weighted by Gasteiger charge is 2.28. The van der Waals surface area contributed by atoms with E-state index in [1.165, 1.54) is 12.1 Å². The molecule has 0 radical (unpaired) electrons. The smallest absolute Gasteiger partial charge is 0.335 e. The highest BCUT2D eigenvalue weighted by molar-refractivity contribution is 5.88. The van der Waals surface area contributed by atoms with Crippen LogP contribution in [0.5, 0.6) is 5.75 Å². The molecule has 2 aromatic carbocycles. The Morgan fingerprint density at radius 2 is 1.90 bits per heavy atom. The molecule has 2 N–H and O–H groups in total. The van der Waals surface area contributed by atoms with Gasteiger partial charge in [-0.15, -0.1) is 0 Å². The van der Waals surface area contributed by atoms with Gasteiger partial charge in [-0.25, -0.2) is 4.79 Å². The number of ether oxygens (including phenoxy) is 1. The largest absolute Gasteiger partial charge is 0.485 e. The van der Waals surface area contributed by atoms with E-state index in [9.17, 15) is 9.90 Å². The predicted octanol–water partition coefficient (Wildman–Crippen LogP) is 2.94. The summed E-state index contributed by atoms with van der Waals surface area (Å²) < 4.78 is 5.87. The number of hydrogen-bond acceptors (Lipinski definition) is 3. The van der Waals surface area contributed by atoms with Crippen molar-refractivity contribution in [3.63, 3.8) is 0 Å². The van der Waals surface area contributed by atoms with Gasteiger partial charge in [0.05, 0.1) is 11.7 Å². The van der Waals surface area contributed by atoms with E-state index in [1.54, 1.807) is 6.07 Å². The molecule has 2 atom stereocenters. The van der Waals surface area contributed by atoms with Crippen molar-refractivity contribution in [2.45, 2.75) is 18.6 Å². The SMILES string of the molecule is O=C(O)c1ccc2c(c1)[C@@H](O)C[C@@H](c1ccccc1)O2. The van der Waals surface area contributed by atoms with Crippen LogP contribution in [0, 0.1) is 0 Å². The summed E-state index contributed by atoms with van der Waals surface area (Å²) in [6, 6.07) is 14.3. The summed E-state index contributed by atoms with van der Waals surface area (Å²) in [7, 11) is 0. The van der Waals surface area contributed by atoms with Crippen LogP contribution >= 0.6 is 0 Å². The van der Waals surface area contributed by atoms with E-state index >= 15 is 0 Å². The monoisotopic (exact) mass is 270 g/mol. The van der Waals surface area contributed by atoms with Gasteiger partial charge in [0.1, 0.15) is 11.9 Å². The molecule has 4 heteroatoms. The maximum absolute atomic E-state index is 11.0. The molecule has 102 valence electrons. The number of rotatable bonds is 2. The van der Waals surface area contributed by atoms with Gasteiger partial charge in [0.15, 0.2) is 0 Å². The molecule has 0 saturated carbocycles. The van der Waals surface area contributed by atoms with E-state index in [4.69, 9.17) is 9.84 Å². The number of carboxylic acid groups (broad SMARTS) is 1. The molecule has 0 aliphatic carbocycles. The lowest BCUT2D eigenvalue weighted by molar-refractivity contribution is 0.0647. The van der Waals surface area contributed by atoms with E-state index in [2.05, 4.69) is 0 Å². The van der Waals surface area contributed by atoms with Gasteiger partial charge in [-0.3, -0.25) is 0 Å². The fraction of sp³-hybridized carbons (Fsp3) is 0.188. The first-order chi connectivity index (χ1) is 9.65. The van der Waals surface area contributed by atoms with Crippen LogP contribution < -0.4 is 4.74 Å². The molecule has 20 heavy (non-hydrogen) atoms. The Labute approximate surface area is 116 Å². The maximum atomic E-state index is 11.0. The van der Waals surface area contributed by atoms with Gasteiger partial charge in [0.2, 0.25) is 0 Å². The van der Waals surface area contributed by atoms with Crippen molar-refractivity contribution in [1.29, 1.82) is 0 Å². The van der Waals surface area contributed by atoms with Crippen molar-refractivity contribution >= 4 is 5.97 Å². The number of carboxylic acids is 1. The van der Waals surface area contributed by atoms with E-state index in [1.807, 2.05) is 30.3 Å². The van der Waals surface area contributed by atoms with Gasteiger partial charge in [-0.05, 0) is 23.8 Å². The first-order valence-corrected chi connectivity index (χ1v) is 6.42. The third kappa shape index (κ3) is 2.26. The summed E-state index contributed by atoms with van der Waals surface area (Å²) in [4.78, 5) is 11.0. The topological polar surface area (TPSA) is 66.8 Å². The quantitative estimate of drug-likeness (QED) is 0.880. The van der Waals surface area contributed by atoms with Crippen LogP contribution in [0.2, 0.25) is 0 Å². The number of aliphatic hydroxyl groups is 1. The number of fused-ring (bicyclic) bond motifs is 1. The molecule has 2 aromatic rings. The third-order valence-corrected chi connectivity index (χ3v) is 3.49. The number of aromatic carboxylic acids is 1. The van der Waals surface area contributed by atoms with Gasteiger partial charge in [0, 0.05) is 12.0 Å². The van der Waals surface area contributed by atoms with E-state index in [-0.39, 0.29) is 11.7 Å². The average molecular weight is 270 g/mol. The minimum atomic E-state index is -1.01. The van der Waals surface area contributed by atoms with E-state index in [0.717, 1.165) is 5.56 Å². The van der Waals surface area contributed by atoms with Crippen molar-refractivity contribution in [3.05, 3.63) is 65.2 Å².